The molecule has 0 aromatic carbocycles. The zero-order valence-electron chi connectivity index (χ0n) is 15.3. The number of hydrogen-bond acceptors (Lipinski definition) is 5. The normalized spacial score (nSPS) is 18.6. The zero-order chi connectivity index (χ0) is 19.8. The van der Waals surface area contributed by atoms with Gasteiger partial charge in [0, 0.05) is 18.9 Å². The van der Waals surface area contributed by atoms with Crippen molar-refractivity contribution < 1.29 is 27.4 Å². The second-order valence-corrected chi connectivity index (χ2v) is 7.38. The Bertz CT molecular complexity index is 829. The molecule has 1 saturated heterocycles. The van der Waals surface area contributed by atoms with E-state index < -0.39 is 29.7 Å². The highest BCUT2D eigenvalue weighted by Crippen LogP contribution is 2.31. The van der Waals surface area contributed by atoms with Crippen molar-refractivity contribution in [1.29, 1.82) is 0 Å². The summed E-state index contributed by atoms with van der Waals surface area (Å²) in [6.45, 7) is 6.15. The van der Waals surface area contributed by atoms with E-state index in [1.807, 2.05) is 0 Å². The molecule has 10 heteroatoms. The van der Waals surface area contributed by atoms with Crippen molar-refractivity contribution in [2.75, 3.05) is 13.1 Å². The van der Waals surface area contributed by atoms with Crippen LogP contribution >= 0.6 is 0 Å². The molecule has 1 fully saturated rings. The van der Waals surface area contributed by atoms with Gasteiger partial charge in [0.05, 0.1) is 12.7 Å². The van der Waals surface area contributed by atoms with Crippen molar-refractivity contribution in [3.8, 4) is 5.88 Å². The number of piperidine rings is 1. The van der Waals surface area contributed by atoms with Crippen LogP contribution in [0.25, 0.3) is 5.65 Å². The summed E-state index contributed by atoms with van der Waals surface area (Å²) in [5.41, 5.74) is -1.52. The maximum Gasteiger partial charge on any atom is 0.433 e. The molecule has 27 heavy (non-hydrogen) atoms. The van der Waals surface area contributed by atoms with Crippen molar-refractivity contribution in [2.45, 2.75) is 51.5 Å². The minimum absolute atomic E-state index is 0.00374. The van der Waals surface area contributed by atoms with Crippen molar-refractivity contribution in [3.05, 3.63) is 24.3 Å². The molecule has 7 nitrogen and oxygen atoms in total. The Labute approximate surface area is 154 Å². The molecule has 3 rings (SSSR count). The number of aromatic nitrogens is 3. The lowest BCUT2D eigenvalue weighted by Crippen LogP contribution is -2.46. The molecule has 0 radical (unpaired) electrons. The summed E-state index contributed by atoms with van der Waals surface area (Å²) in [5, 5.41) is 0. The van der Waals surface area contributed by atoms with Crippen LogP contribution in [0, 0.1) is 0 Å². The molecule has 0 N–H and O–H groups in total. The second kappa shape index (κ2) is 6.90. The number of carbonyl (C=O) groups excluding carboxylic acids is 1. The fraction of sp³-hybridized carbons (Fsp3) is 0.588. The van der Waals surface area contributed by atoms with Gasteiger partial charge in [-0.05, 0) is 33.6 Å². The second-order valence-electron chi connectivity index (χ2n) is 7.38. The number of fused-ring (bicyclic) bond motifs is 1. The molecule has 2 aromatic heterocycles. The number of carbonyl (C=O) groups is 1. The average Bonchev–Trinajstić information content (AvgIpc) is 2.99. The zero-order valence-corrected chi connectivity index (χ0v) is 15.3. The maximum atomic E-state index is 13.0. The van der Waals surface area contributed by atoms with Gasteiger partial charge >= 0.3 is 12.3 Å². The SMILES string of the molecule is CC(C)(C)OC(=O)N1CCCC(Oc2nccn3c(C(F)(F)F)cnc23)C1. The first-order valence-corrected chi connectivity index (χ1v) is 8.58. The van der Waals surface area contributed by atoms with Crippen LogP contribution in [0.4, 0.5) is 18.0 Å². The number of likely N-dealkylation sites (tertiary alicyclic amines) is 1. The van der Waals surface area contributed by atoms with Gasteiger partial charge in [-0.1, -0.05) is 0 Å². The van der Waals surface area contributed by atoms with E-state index in [0.717, 1.165) is 10.6 Å². The summed E-state index contributed by atoms with van der Waals surface area (Å²) >= 11 is 0. The maximum absolute atomic E-state index is 13.0. The topological polar surface area (TPSA) is 69.0 Å². The van der Waals surface area contributed by atoms with Crippen LogP contribution in [0.5, 0.6) is 5.88 Å². The highest BCUT2D eigenvalue weighted by Gasteiger charge is 2.35. The molecule has 148 valence electrons. The van der Waals surface area contributed by atoms with E-state index >= 15 is 0 Å². The number of amides is 1. The molecule has 0 spiro atoms. The standard InChI is InChI=1S/C17H21F3N4O3/c1-16(2,3)27-15(25)23-7-4-5-11(10-23)26-14-13-22-9-12(17(18,19)20)24(13)8-6-21-14/h6,8-9,11H,4-5,7,10H2,1-3H3. The third kappa shape index (κ3) is 4.42. The third-order valence-electron chi connectivity index (χ3n) is 3.99. The summed E-state index contributed by atoms with van der Waals surface area (Å²) in [5.74, 6) is 0.00374. The lowest BCUT2D eigenvalue weighted by Gasteiger charge is -2.33. The molecular weight excluding hydrogens is 365 g/mol. The number of rotatable bonds is 2. The number of ether oxygens (including phenoxy) is 2. The molecule has 3 heterocycles. The molecule has 0 saturated carbocycles. The van der Waals surface area contributed by atoms with Gasteiger partial charge in [0.2, 0.25) is 5.65 Å². The average molecular weight is 386 g/mol. The molecule has 1 atom stereocenters. The molecule has 0 bridgehead atoms. The van der Waals surface area contributed by atoms with Gasteiger partial charge in [0.1, 0.15) is 17.4 Å². The van der Waals surface area contributed by atoms with Gasteiger partial charge in [-0.3, -0.25) is 4.40 Å². The summed E-state index contributed by atoms with van der Waals surface area (Å²) < 4.78 is 51.2. The first kappa shape index (κ1) is 19.2. The highest BCUT2D eigenvalue weighted by atomic mass is 19.4. The molecule has 1 aliphatic rings. The van der Waals surface area contributed by atoms with E-state index in [4.69, 9.17) is 9.47 Å². The summed E-state index contributed by atoms with van der Waals surface area (Å²) in [6.07, 6.45) is -0.879. The lowest BCUT2D eigenvalue weighted by molar-refractivity contribution is -0.141. The Morgan fingerprint density at radius 1 is 1.26 bits per heavy atom. The summed E-state index contributed by atoms with van der Waals surface area (Å²) in [6, 6.07) is 0. The quantitative estimate of drug-likeness (QED) is 0.790. The Balaban J connectivity index is 1.75. The largest absolute Gasteiger partial charge is 0.470 e. The lowest BCUT2D eigenvalue weighted by atomic mass is 10.1. The van der Waals surface area contributed by atoms with E-state index in [1.165, 1.54) is 17.3 Å². The number of imidazole rings is 1. The predicted octanol–water partition coefficient (Wildman–Crippen LogP) is 3.53. The van der Waals surface area contributed by atoms with E-state index in [9.17, 15) is 18.0 Å². The van der Waals surface area contributed by atoms with Gasteiger partial charge in [0.25, 0.3) is 5.88 Å². The molecule has 1 aliphatic heterocycles. The number of alkyl halides is 3. The van der Waals surface area contributed by atoms with Crippen LogP contribution < -0.4 is 4.74 Å². The van der Waals surface area contributed by atoms with E-state index in [-0.39, 0.29) is 18.1 Å². The summed E-state index contributed by atoms with van der Waals surface area (Å²) in [4.78, 5) is 21.6. The van der Waals surface area contributed by atoms with E-state index in [1.54, 1.807) is 20.8 Å². The fourth-order valence-corrected chi connectivity index (χ4v) is 2.87. The third-order valence-corrected chi connectivity index (χ3v) is 3.99. The number of hydrogen-bond donors (Lipinski definition) is 0. The Morgan fingerprint density at radius 2 is 2.00 bits per heavy atom. The van der Waals surface area contributed by atoms with Gasteiger partial charge in [-0.15, -0.1) is 0 Å². The molecular formula is C17H21F3N4O3. The van der Waals surface area contributed by atoms with Gasteiger partial charge in [-0.2, -0.15) is 13.2 Å². The number of halogens is 3. The number of nitrogens with zero attached hydrogens (tertiary/aromatic N) is 4. The van der Waals surface area contributed by atoms with Crippen molar-refractivity contribution in [2.24, 2.45) is 0 Å². The van der Waals surface area contributed by atoms with Crippen molar-refractivity contribution in [1.82, 2.24) is 19.3 Å². The van der Waals surface area contributed by atoms with Crippen molar-refractivity contribution >= 4 is 11.7 Å². The van der Waals surface area contributed by atoms with E-state index in [2.05, 4.69) is 9.97 Å². The first-order chi connectivity index (χ1) is 12.5. The molecule has 0 aliphatic carbocycles. The monoisotopic (exact) mass is 386 g/mol. The van der Waals surface area contributed by atoms with Gasteiger partial charge in [-0.25, -0.2) is 14.8 Å². The molecule has 2 aromatic rings. The minimum Gasteiger partial charge on any atom is -0.470 e. The minimum atomic E-state index is -4.53. The smallest absolute Gasteiger partial charge is 0.433 e. The highest BCUT2D eigenvalue weighted by molar-refractivity contribution is 5.68. The predicted molar refractivity (Wildman–Crippen MR) is 89.4 cm³/mol. The van der Waals surface area contributed by atoms with Crippen molar-refractivity contribution in [3.63, 3.8) is 0 Å². The van der Waals surface area contributed by atoms with Gasteiger partial charge in [0.15, 0.2) is 0 Å². The fourth-order valence-electron chi connectivity index (χ4n) is 2.87. The molecule has 1 amide bonds. The van der Waals surface area contributed by atoms with Gasteiger partial charge < -0.3 is 14.4 Å². The van der Waals surface area contributed by atoms with Crippen LogP contribution in [0.3, 0.4) is 0 Å². The Morgan fingerprint density at radius 3 is 2.67 bits per heavy atom. The van der Waals surface area contributed by atoms with Crippen LogP contribution in [0.1, 0.15) is 39.3 Å². The van der Waals surface area contributed by atoms with Crippen LogP contribution in [0.15, 0.2) is 18.6 Å². The van der Waals surface area contributed by atoms with Crippen LogP contribution in [0.2, 0.25) is 0 Å². The summed E-state index contributed by atoms with van der Waals surface area (Å²) in [7, 11) is 0. The Kier molecular flexibility index (Phi) is 4.92. The first-order valence-electron chi connectivity index (χ1n) is 8.58. The van der Waals surface area contributed by atoms with Crippen LogP contribution in [-0.2, 0) is 10.9 Å². The van der Waals surface area contributed by atoms with Crippen LogP contribution in [-0.4, -0.2) is 50.2 Å². The molecule has 1 unspecified atom stereocenters. The Hall–Kier alpha value is -2.52. The van der Waals surface area contributed by atoms with E-state index in [0.29, 0.717) is 19.4 Å².